The summed E-state index contributed by atoms with van der Waals surface area (Å²) in [5.41, 5.74) is -0.568. The first-order chi connectivity index (χ1) is 19.4. The fraction of sp³-hybridized carbons (Fsp3) is 0.517. The number of benzene rings is 2. The number of rotatable bonds is 8. The van der Waals surface area contributed by atoms with E-state index in [1.807, 2.05) is 4.90 Å². The number of carbonyl (C=O) groups excluding carboxylic acids is 1. The monoisotopic (exact) mass is 584 g/mol. The SMILES string of the molecule is O=C(O)[C@@H]1C[C@@H](F)CN1C(=O)c1cc(C2CC2)c(OCC2CCN(Cc3cc(C(F)(F)F)ccc3F)CC2)cc1F. The van der Waals surface area contributed by atoms with Gasteiger partial charge in [-0.05, 0) is 80.4 Å². The summed E-state index contributed by atoms with van der Waals surface area (Å²) < 4.78 is 88.3. The molecule has 2 saturated heterocycles. The smallest absolute Gasteiger partial charge is 0.416 e. The number of alkyl halides is 4. The minimum Gasteiger partial charge on any atom is -0.493 e. The number of piperidine rings is 1. The second-order valence-corrected chi connectivity index (χ2v) is 11.1. The minimum absolute atomic E-state index is 0.0145. The van der Waals surface area contributed by atoms with Crippen molar-refractivity contribution in [2.24, 2.45) is 5.92 Å². The van der Waals surface area contributed by atoms with Gasteiger partial charge in [0.1, 0.15) is 29.6 Å². The molecule has 0 spiro atoms. The number of aliphatic carboxylic acids is 1. The molecule has 2 aromatic carbocycles. The Bertz CT molecular complexity index is 1310. The lowest BCUT2D eigenvalue weighted by molar-refractivity contribution is -0.141. The lowest BCUT2D eigenvalue weighted by Crippen LogP contribution is -2.41. The summed E-state index contributed by atoms with van der Waals surface area (Å²) in [7, 11) is 0. The van der Waals surface area contributed by atoms with Crippen molar-refractivity contribution in [3.05, 3.63) is 64.2 Å². The van der Waals surface area contributed by atoms with Crippen LogP contribution in [0.5, 0.6) is 5.75 Å². The Morgan fingerprint density at radius 3 is 2.34 bits per heavy atom. The molecule has 6 nitrogen and oxygen atoms in total. The van der Waals surface area contributed by atoms with Crippen LogP contribution in [0.25, 0.3) is 0 Å². The first-order valence-electron chi connectivity index (χ1n) is 13.6. The lowest BCUT2D eigenvalue weighted by Gasteiger charge is -2.32. The van der Waals surface area contributed by atoms with Gasteiger partial charge in [-0.25, -0.2) is 18.0 Å². The largest absolute Gasteiger partial charge is 0.493 e. The maximum atomic E-state index is 15.1. The highest BCUT2D eigenvalue weighted by Crippen LogP contribution is 2.45. The molecule has 5 rings (SSSR count). The van der Waals surface area contributed by atoms with Crippen molar-refractivity contribution < 1.29 is 45.8 Å². The van der Waals surface area contributed by atoms with E-state index in [1.165, 1.54) is 6.07 Å². The fourth-order valence-corrected chi connectivity index (χ4v) is 5.60. The van der Waals surface area contributed by atoms with E-state index in [0.717, 1.165) is 42.0 Å². The zero-order chi connectivity index (χ0) is 29.5. The van der Waals surface area contributed by atoms with E-state index in [9.17, 15) is 36.6 Å². The van der Waals surface area contributed by atoms with E-state index in [1.54, 1.807) is 0 Å². The third-order valence-electron chi connectivity index (χ3n) is 8.09. The fourth-order valence-electron chi connectivity index (χ4n) is 5.60. The number of carbonyl (C=O) groups is 2. The van der Waals surface area contributed by atoms with Crippen LogP contribution in [0.1, 0.15) is 65.1 Å². The predicted molar refractivity (Wildman–Crippen MR) is 135 cm³/mol. The summed E-state index contributed by atoms with van der Waals surface area (Å²) in [5, 5.41) is 9.36. The first-order valence-corrected chi connectivity index (χ1v) is 13.6. The molecule has 1 saturated carbocycles. The minimum atomic E-state index is -4.55. The summed E-state index contributed by atoms with van der Waals surface area (Å²) in [6.45, 7) is 0.952. The molecular weight excluding hydrogens is 554 g/mol. The van der Waals surface area contributed by atoms with Crippen LogP contribution < -0.4 is 4.74 Å². The van der Waals surface area contributed by atoms with Crippen molar-refractivity contribution in [2.45, 2.75) is 63.0 Å². The van der Waals surface area contributed by atoms with E-state index in [0.29, 0.717) is 37.2 Å². The quantitative estimate of drug-likeness (QED) is 0.398. The maximum Gasteiger partial charge on any atom is 0.416 e. The van der Waals surface area contributed by atoms with Crippen LogP contribution in [0.15, 0.2) is 30.3 Å². The highest BCUT2D eigenvalue weighted by Gasteiger charge is 2.41. The summed E-state index contributed by atoms with van der Waals surface area (Å²) in [4.78, 5) is 27.3. The lowest BCUT2D eigenvalue weighted by atomic mass is 9.97. The molecule has 1 N–H and O–H groups in total. The van der Waals surface area contributed by atoms with Crippen molar-refractivity contribution in [3.63, 3.8) is 0 Å². The second-order valence-electron chi connectivity index (χ2n) is 11.1. The molecule has 0 radical (unpaired) electrons. The van der Waals surface area contributed by atoms with Crippen molar-refractivity contribution >= 4 is 11.9 Å². The van der Waals surface area contributed by atoms with Gasteiger partial charge in [-0.15, -0.1) is 0 Å². The number of carboxylic acid groups (broad SMARTS) is 1. The Balaban J connectivity index is 1.21. The molecule has 12 heteroatoms. The maximum absolute atomic E-state index is 15.1. The van der Waals surface area contributed by atoms with Gasteiger partial charge in [0.05, 0.1) is 24.3 Å². The van der Waals surface area contributed by atoms with Gasteiger partial charge in [-0.2, -0.15) is 13.2 Å². The van der Waals surface area contributed by atoms with E-state index in [4.69, 9.17) is 4.74 Å². The van der Waals surface area contributed by atoms with E-state index in [2.05, 4.69) is 0 Å². The topological polar surface area (TPSA) is 70.1 Å². The van der Waals surface area contributed by atoms with Crippen LogP contribution in [-0.4, -0.2) is 65.2 Å². The van der Waals surface area contributed by atoms with Crippen molar-refractivity contribution in [3.8, 4) is 5.75 Å². The Morgan fingerprint density at radius 2 is 1.71 bits per heavy atom. The Morgan fingerprint density at radius 1 is 1.00 bits per heavy atom. The Hall–Kier alpha value is -3.28. The molecule has 3 aliphatic rings. The van der Waals surface area contributed by atoms with Crippen LogP contribution in [0.2, 0.25) is 0 Å². The standard InChI is InChI=1S/C29H30F6N2O4/c30-20-10-25(28(39)40)37(14-20)27(38)22-11-21(17-1-2-17)26(12-24(22)32)41-15-16-5-7-36(8-6-16)13-18-9-19(29(33,34)35)3-4-23(18)31/h3-4,9,11-12,16-17,20,25H,1-2,5-8,10,13-15H2,(H,39,40)/t20-,25+/m1/s1. The molecule has 0 unspecified atom stereocenters. The van der Waals surface area contributed by atoms with E-state index in [-0.39, 0.29) is 42.5 Å². The third-order valence-corrected chi connectivity index (χ3v) is 8.09. The van der Waals surface area contributed by atoms with Crippen molar-refractivity contribution in [1.82, 2.24) is 9.80 Å². The number of likely N-dealkylation sites (tertiary alicyclic amines) is 2. The van der Waals surface area contributed by atoms with Gasteiger partial charge in [0.15, 0.2) is 0 Å². The van der Waals surface area contributed by atoms with Crippen LogP contribution >= 0.6 is 0 Å². The molecule has 2 atom stereocenters. The van der Waals surface area contributed by atoms with E-state index < -0.39 is 54.0 Å². The number of halogens is 6. The summed E-state index contributed by atoms with van der Waals surface area (Å²) in [5.74, 6) is -3.32. The highest BCUT2D eigenvalue weighted by atomic mass is 19.4. The first kappa shape index (κ1) is 29.2. The van der Waals surface area contributed by atoms with Crippen molar-refractivity contribution in [1.29, 1.82) is 0 Å². The molecule has 222 valence electrons. The van der Waals surface area contributed by atoms with Crippen LogP contribution in [-0.2, 0) is 17.5 Å². The van der Waals surface area contributed by atoms with Gasteiger partial charge in [-0.3, -0.25) is 9.69 Å². The van der Waals surface area contributed by atoms with Gasteiger partial charge >= 0.3 is 12.1 Å². The molecule has 2 aliphatic heterocycles. The van der Waals surface area contributed by atoms with Gasteiger partial charge in [0.2, 0.25) is 0 Å². The number of amides is 1. The number of ether oxygens (including phenoxy) is 1. The number of hydrogen-bond donors (Lipinski definition) is 1. The van der Waals surface area contributed by atoms with Crippen molar-refractivity contribution in [2.75, 3.05) is 26.2 Å². The van der Waals surface area contributed by atoms with Crippen LogP contribution in [0.3, 0.4) is 0 Å². The van der Waals surface area contributed by atoms with E-state index >= 15 is 4.39 Å². The molecular formula is C29H30F6N2O4. The number of hydrogen-bond acceptors (Lipinski definition) is 4. The third kappa shape index (κ3) is 6.63. The van der Waals surface area contributed by atoms with Gasteiger partial charge in [0, 0.05) is 24.6 Å². The molecule has 41 heavy (non-hydrogen) atoms. The van der Waals surface area contributed by atoms with Gasteiger partial charge in [0.25, 0.3) is 5.91 Å². The van der Waals surface area contributed by atoms with Gasteiger partial charge in [-0.1, -0.05) is 0 Å². The van der Waals surface area contributed by atoms with Gasteiger partial charge < -0.3 is 14.7 Å². The highest BCUT2D eigenvalue weighted by molar-refractivity contribution is 5.97. The zero-order valence-corrected chi connectivity index (χ0v) is 22.1. The molecule has 0 aromatic heterocycles. The summed E-state index contributed by atoms with van der Waals surface area (Å²) in [6.07, 6.45) is -3.44. The molecule has 1 aliphatic carbocycles. The Kier molecular flexibility index (Phi) is 8.22. The van der Waals surface area contributed by atoms with Crippen LogP contribution in [0, 0.1) is 17.6 Å². The predicted octanol–water partition coefficient (Wildman–Crippen LogP) is 5.79. The molecule has 2 aromatic rings. The second kappa shape index (κ2) is 11.5. The molecule has 1 amide bonds. The molecule has 2 heterocycles. The van der Waals surface area contributed by atoms with Crippen LogP contribution in [0.4, 0.5) is 26.3 Å². The normalized spacial score (nSPS) is 22.2. The number of carboxylic acids is 1. The summed E-state index contributed by atoms with van der Waals surface area (Å²) in [6, 6.07) is 3.57. The number of nitrogens with zero attached hydrogens (tertiary/aromatic N) is 2. The average Bonchev–Trinajstić information content (AvgIpc) is 3.68. The Labute approximate surface area is 232 Å². The molecule has 3 fully saturated rings. The zero-order valence-electron chi connectivity index (χ0n) is 22.1. The average molecular weight is 585 g/mol. The summed E-state index contributed by atoms with van der Waals surface area (Å²) >= 11 is 0. The molecule has 0 bridgehead atoms.